The molecular formula is C57H108O6. The molecule has 63 heavy (non-hydrogen) atoms. The molecule has 6 heteroatoms. The number of esters is 3. The molecule has 0 radical (unpaired) electrons. The summed E-state index contributed by atoms with van der Waals surface area (Å²) in [6.45, 7) is 6.67. The first-order valence-electron chi connectivity index (χ1n) is 28.2. The van der Waals surface area contributed by atoms with E-state index < -0.39 is 6.10 Å². The molecule has 0 aliphatic heterocycles. The van der Waals surface area contributed by atoms with Crippen LogP contribution >= 0.6 is 0 Å². The van der Waals surface area contributed by atoms with Crippen LogP contribution in [0.4, 0.5) is 0 Å². The third kappa shape index (κ3) is 51.0. The third-order valence-electron chi connectivity index (χ3n) is 12.8. The van der Waals surface area contributed by atoms with Crippen LogP contribution < -0.4 is 0 Å². The molecule has 0 aromatic heterocycles. The molecule has 0 heterocycles. The second-order valence-electron chi connectivity index (χ2n) is 19.2. The van der Waals surface area contributed by atoms with Gasteiger partial charge in [-0.05, 0) is 44.9 Å². The lowest BCUT2D eigenvalue weighted by atomic mass is 10.0. The normalized spacial score (nSPS) is 12.0. The molecule has 0 aliphatic carbocycles. The van der Waals surface area contributed by atoms with E-state index in [-0.39, 0.29) is 31.1 Å². The number of allylic oxidation sites excluding steroid dienone is 2. The SMILES string of the molecule is CCCCCC/C=C\CCCCCCCC(=O)OCC(COC(=O)CCCCCCCCCCCCCCCCCC)OC(=O)CCCCCCCCCCCCCCCCCC. The molecule has 0 N–H and O–H groups in total. The van der Waals surface area contributed by atoms with Gasteiger partial charge in [-0.1, -0.05) is 264 Å². The van der Waals surface area contributed by atoms with Crippen molar-refractivity contribution in [3.05, 3.63) is 12.2 Å². The minimum absolute atomic E-state index is 0.0666. The van der Waals surface area contributed by atoms with Crippen LogP contribution in [0.1, 0.15) is 316 Å². The van der Waals surface area contributed by atoms with Crippen molar-refractivity contribution < 1.29 is 28.6 Å². The predicted octanol–water partition coefficient (Wildman–Crippen LogP) is 18.5. The van der Waals surface area contributed by atoms with Gasteiger partial charge in [-0.3, -0.25) is 14.4 Å². The molecule has 0 saturated carbocycles. The third-order valence-corrected chi connectivity index (χ3v) is 12.8. The van der Waals surface area contributed by atoms with E-state index in [1.165, 1.54) is 212 Å². The number of rotatable bonds is 52. The van der Waals surface area contributed by atoms with Crippen LogP contribution in [0.25, 0.3) is 0 Å². The van der Waals surface area contributed by atoms with Crippen LogP contribution in [0.3, 0.4) is 0 Å². The molecular weight excluding hydrogens is 781 g/mol. The highest BCUT2D eigenvalue weighted by molar-refractivity contribution is 5.71. The van der Waals surface area contributed by atoms with E-state index in [1.54, 1.807) is 0 Å². The first-order valence-corrected chi connectivity index (χ1v) is 28.2. The van der Waals surface area contributed by atoms with Gasteiger partial charge >= 0.3 is 17.9 Å². The number of hydrogen-bond acceptors (Lipinski definition) is 6. The second kappa shape index (κ2) is 52.8. The molecule has 0 bridgehead atoms. The molecule has 0 fully saturated rings. The average molecular weight is 889 g/mol. The van der Waals surface area contributed by atoms with Gasteiger partial charge < -0.3 is 14.2 Å². The Hall–Kier alpha value is -1.85. The number of hydrogen-bond donors (Lipinski definition) is 0. The summed E-state index contributed by atoms with van der Waals surface area (Å²) in [6, 6.07) is 0. The molecule has 0 saturated heterocycles. The van der Waals surface area contributed by atoms with Crippen molar-refractivity contribution in [2.24, 2.45) is 0 Å². The molecule has 1 atom stereocenters. The highest BCUT2D eigenvalue weighted by Crippen LogP contribution is 2.17. The Kier molecular flexibility index (Phi) is 51.2. The second-order valence-corrected chi connectivity index (χ2v) is 19.2. The fraction of sp³-hybridized carbons (Fsp3) is 0.912. The smallest absolute Gasteiger partial charge is 0.306 e. The Bertz CT molecular complexity index is 978. The van der Waals surface area contributed by atoms with E-state index in [9.17, 15) is 14.4 Å². The predicted molar refractivity (Wildman–Crippen MR) is 270 cm³/mol. The molecule has 0 aromatic carbocycles. The van der Waals surface area contributed by atoms with Crippen molar-refractivity contribution in [3.63, 3.8) is 0 Å². The van der Waals surface area contributed by atoms with Gasteiger partial charge in [0, 0.05) is 19.3 Å². The van der Waals surface area contributed by atoms with Crippen molar-refractivity contribution in [2.45, 2.75) is 322 Å². The van der Waals surface area contributed by atoms with Gasteiger partial charge in [0.2, 0.25) is 0 Å². The summed E-state index contributed by atoms with van der Waals surface area (Å²) in [4.78, 5) is 38.1. The topological polar surface area (TPSA) is 78.9 Å². The van der Waals surface area contributed by atoms with Crippen LogP contribution in [0.2, 0.25) is 0 Å². The Balaban J connectivity index is 4.31. The average Bonchev–Trinajstić information content (AvgIpc) is 3.28. The van der Waals surface area contributed by atoms with Gasteiger partial charge in [-0.2, -0.15) is 0 Å². The fourth-order valence-electron chi connectivity index (χ4n) is 8.50. The van der Waals surface area contributed by atoms with Crippen LogP contribution in [0, 0.1) is 0 Å². The lowest BCUT2D eigenvalue weighted by Gasteiger charge is -2.18. The van der Waals surface area contributed by atoms with E-state index in [0.717, 1.165) is 64.2 Å². The molecule has 372 valence electrons. The lowest BCUT2D eigenvalue weighted by molar-refractivity contribution is -0.167. The zero-order valence-corrected chi connectivity index (χ0v) is 42.6. The van der Waals surface area contributed by atoms with Gasteiger partial charge in [-0.15, -0.1) is 0 Å². The molecule has 1 unspecified atom stereocenters. The van der Waals surface area contributed by atoms with Gasteiger partial charge in [-0.25, -0.2) is 0 Å². The Morgan fingerprint density at radius 1 is 0.302 bits per heavy atom. The molecule has 0 aromatic rings. The summed E-state index contributed by atoms with van der Waals surface area (Å²) < 4.78 is 16.9. The van der Waals surface area contributed by atoms with Gasteiger partial charge in [0.25, 0.3) is 0 Å². The molecule has 0 rings (SSSR count). The molecule has 0 amide bonds. The fourth-order valence-corrected chi connectivity index (χ4v) is 8.50. The number of carbonyl (C=O) groups is 3. The zero-order chi connectivity index (χ0) is 45.8. The molecule has 6 nitrogen and oxygen atoms in total. The monoisotopic (exact) mass is 889 g/mol. The number of unbranched alkanes of at least 4 members (excludes halogenated alkanes) is 39. The maximum absolute atomic E-state index is 12.8. The Labute approximate surface area is 392 Å². The van der Waals surface area contributed by atoms with Crippen molar-refractivity contribution in [2.75, 3.05) is 13.2 Å². The van der Waals surface area contributed by atoms with E-state index in [1.807, 2.05) is 0 Å². The minimum Gasteiger partial charge on any atom is -0.462 e. The van der Waals surface area contributed by atoms with E-state index in [0.29, 0.717) is 19.3 Å². The first-order chi connectivity index (χ1) is 31.0. The summed E-state index contributed by atoms with van der Waals surface area (Å²) in [6.07, 6.45) is 59.1. The Morgan fingerprint density at radius 2 is 0.524 bits per heavy atom. The van der Waals surface area contributed by atoms with Gasteiger partial charge in [0.1, 0.15) is 13.2 Å². The summed E-state index contributed by atoms with van der Waals surface area (Å²) in [5, 5.41) is 0. The highest BCUT2D eigenvalue weighted by atomic mass is 16.6. The van der Waals surface area contributed by atoms with Crippen LogP contribution in [-0.4, -0.2) is 37.2 Å². The van der Waals surface area contributed by atoms with Crippen LogP contribution in [0.5, 0.6) is 0 Å². The quantitative estimate of drug-likeness (QED) is 0.0262. The lowest BCUT2D eigenvalue weighted by Crippen LogP contribution is -2.30. The maximum Gasteiger partial charge on any atom is 0.306 e. The Morgan fingerprint density at radius 3 is 0.810 bits per heavy atom. The van der Waals surface area contributed by atoms with Gasteiger partial charge in [0.15, 0.2) is 6.10 Å². The standard InChI is InChI=1S/C57H108O6/c1-4-7-10-13-16-19-22-25-27-29-32-35-38-41-44-47-50-56(59)62-53-54(52-61-55(58)49-46-43-40-37-34-31-24-21-18-15-12-9-6-3)63-57(60)51-48-45-42-39-36-33-30-28-26-23-20-17-14-11-8-5-2/h21,24,54H,4-20,22-23,25-53H2,1-3H3/b24-21-. The summed E-state index contributed by atoms with van der Waals surface area (Å²) in [5.41, 5.74) is 0. The van der Waals surface area contributed by atoms with Crippen LogP contribution in [-0.2, 0) is 28.6 Å². The van der Waals surface area contributed by atoms with Crippen LogP contribution in [0.15, 0.2) is 12.2 Å². The number of ether oxygens (including phenoxy) is 3. The van der Waals surface area contributed by atoms with E-state index >= 15 is 0 Å². The number of carbonyl (C=O) groups excluding carboxylic acids is 3. The van der Waals surface area contributed by atoms with Crippen molar-refractivity contribution >= 4 is 17.9 Å². The highest BCUT2D eigenvalue weighted by Gasteiger charge is 2.19. The minimum atomic E-state index is -0.767. The molecule has 0 spiro atoms. The largest absolute Gasteiger partial charge is 0.462 e. The summed E-state index contributed by atoms with van der Waals surface area (Å²) in [7, 11) is 0. The zero-order valence-electron chi connectivity index (χ0n) is 42.6. The van der Waals surface area contributed by atoms with E-state index in [2.05, 4.69) is 32.9 Å². The van der Waals surface area contributed by atoms with E-state index in [4.69, 9.17) is 14.2 Å². The summed E-state index contributed by atoms with van der Waals surface area (Å²) >= 11 is 0. The van der Waals surface area contributed by atoms with Crippen molar-refractivity contribution in [3.8, 4) is 0 Å². The van der Waals surface area contributed by atoms with Gasteiger partial charge in [0.05, 0.1) is 0 Å². The van der Waals surface area contributed by atoms with Crippen molar-refractivity contribution in [1.82, 2.24) is 0 Å². The van der Waals surface area contributed by atoms with Crippen molar-refractivity contribution in [1.29, 1.82) is 0 Å². The first kappa shape index (κ1) is 61.1. The maximum atomic E-state index is 12.8. The summed E-state index contributed by atoms with van der Waals surface area (Å²) in [5.74, 6) is -0.853. The molecule has 0 aliphatic rings.